The van der Waals surface area contributed by atoms with Crippen molar-refractivity contribution in [2.24, 2.45) is 0 Å². The fraction of sp³-hybridized carbons (Fsp3) is 1.00. The van der Waals surface area contributed by atoms with E-state index in [4.69, 9.17) is 4.74 Å². The van der Waals surface area contributed by atoms with Crippen LogP contribution in [0.3, 0.4) is 0 Å². The van der Waals surface area contributed by atoms with Gasteiger partial charge in [-0.3, -0.25) is 0 Å². The van der Waals surface area contributed by atoms with Crippen molar-refractivity contribution in [3.05, 3.63) is 0 Å². The molecule has 0 amide bonds. The lowest BCUT2D eigenvalue weighted by molar-refractivity contribution is 0.0173. The van der Waals surface area contributed by atoms with Crippen LogP contribution in [0.4, 0.5) is 0 Å². The van der Waals surface area contributed by atoms with Gasteiger partial charge in [0.05, 0.1) is 11.9 Å². The topological polar surface area (TPSA) is 67.4 Å². The van der Waals surface area contributed by atoms with Gasteiger partial charge in [0.2, 0.25) is 10.0 Å². The van der Waals surface area contributed by atoms with Crippen LogP contribution in [0.2, 0.25) is 0 Å². The van der Waals surface area contributed by atoms with Crippen LogP contribution in [0, 0.1) is 0 Å². The lowest BCUT2D eigenvalue weighted by atomic mass is 10.1. The Morgan fingerprint density at radius 1 is 1.41 bits per heavy atom. The van der Waals surface area contributed by atoms with Crippen LogP contribution in [-0.4, -0.2) is 45.5 Å². The van der Waals surface area contributed by atoms with Crippen molar-refractivity contribution in [2.75, 3.05) is 18.9 Å². The monoisotopic (exact) mass is 264 g/mol. The number of ether oxygens (including phenoxy) is 1. The minimum atomic E-state index is -3.17. The lowest BCUT2D eigenvalue weighted by Crippen LogP contribution is -2.43. The van der Waals surface area contributed by atoms with Crippen molar-refractivity contribution >= 4 is 10.0 Å². The average Bonchev–Trinajstić information content (AvgIpc) is 2.15. The van der Waals surface area contributed by atoms with E-state index in [9.17, 15) is 8.42 Å². The van der Waals surface area contributed by atoms with E-state index in [2.05, 4.69) is 10.0 Å². The molecule has 1 saturated heterocycles. The number of nitrogens with one attached hydrogen (secondary N) is 2. The first-order valence-corrected chi connectivity index (χ1v) is 7.89. The van der Waals surface area contributed by atoms with Crippen LogP contribution in [0.1, 0.15) is 33.6 Å². The molecule has 0 aromatic carbocycles. The Balaban J connectivity index is 2.32. The molecule has 0 radical (unpaired) electrons. The maximum atomic E-state index is 11.8. The number of rotatable bonds is 6. The van der Waals surface area contributed by atoms with E-state index in [-0.39, 0.29) is 17.9 Å². The summed E-state index contributed by atoms with van der Waals surface area (Å²) in [5.41, 5.74) is 0. The zero-order valence-electron chi connectivity index (χ0n) is 10.9. The van der Waals surface area contributed by atoms with E-state index in [1.165, 1.54) is 0 Å². The molecule has 1 fully saturated rings. The second-order valence-electron chi connectivity index (χ2n) is 4.95. The molecule has 102 valence electrons. The van der Waals surface area contributed by atoms with Gasteiger partial charge in [-0.1, -0.05) is 13.8 Å². The summed E-state index contributed by atoms with van der Waals surface area (Å²) in [7, 11) is -3.17. The van der Waals surface area contributed by atoms with Crippen molar-refractivity contribution in [3.8, 4) is 0 Å². The summed E-state index contributed by atoms with van der Waals surface area (Å²) in [6, 6.07) is 0.344. The van der Waals surface area contributed by atoms with Crippen molar-refractivity contribution in [1.82, 2.24) is 10.0 Å². The van der Waals surface area contributed by atoms with Gasteiger partial charge < -0.3 is 10.1 Å². The summed E-state index contributed by atoms with van der Waals surface area (Å²) in [6.45, 7) is 7.10. The summed E-state index contributed by atoms with van der Waals surface area (Å²) in [5, 5.41) is 3.10. The summed E-state index contributed by atoms with van der Waals surface area (Å²) in [4.78, 5) is 0. The molecule has 0 bridgehead atoms. The van der Waals surface area contributed by atoms with E-state index in [0.717, 1.165) is 12.8 Å². The molecule has 0 aromatic heterocycles. The van der Waals surface area contributed by atoms with Gasteiger partial charge in [-0.25, -0.2) is 13.1 Å². The molecule has 1 aliphatic rings. The fourth-order valence-corrected chi connectivity index (χ4v) is 3.13. The SMILES string of the molecule is CC(C)NCCS(=O)(=O)NC1CCOC(C)C1. The molecule has 2 unspecified atom stereocenters. The minimum Gasteiger partial charge on any atom is -0.378 e. The minimum absolute atomic E-state index is 0.0304. The third kappa shape index (κ3) is 6.35. The van der Waals surface area contributed by atoms with Gasteiger partial charge >= 0.3 is 0 Å². The molecule has 17 heavy (non-hydrogen) atoms. The number of hydrogen-bond acceptors (Lipinski definition) is 4. The highest BCUT2D eigenvalue weighted by Crippen LogP contribution is 2.13. The molecule has 5 nitrogen and oxygen atoms in total. The van der Waals surface area contributed by atoms with Crippen molar-refractivity contribution < 1.29 is 13.2 Å². The van der Waals surface area contributed by atoms with Crippen LogP contribution < -0.4 is 10.0 Å². The quantitative estimate of drug-likeness (QED) is 0.732. The molecule has 2 N–H and O–H groups in total. The van der Waals surface area contributed by atoms with Crippen LogP contribution in [-0.2, 0) is 14.8 Å². The molecule has 2 atom stereocenters. The highest BCUT2D eigenvalue weighted by molar-refractivity contribution is 7.89. The molecular weight excluding hydrogens is 240 g/mol. The predicted molar refractivity (Wildman–Crippen MR) is 68.5 cm³/mol. The zero-order valence-corrected chi connectivity index (χ0v) is 11.7. The van der Waals surface area contributed by atoms with E-state index < -0.39 is 10.0 Å². The molecule has 6 heteroatoms. The molecule has 1 aliphatic heterocycles. The molecule has 0 spiro atoms. The Bertz CT molecular complexity index is 317. The maximum absolute atomic E-state index is 11.8. The van der Waals surface area contributed by atoms with Crippen LogP contribution in [0.25, 0.3) is 0 Å². The smallest absolute Gasteiger partial charge is 0.213 e. The first kappa shape index (κ1) is 14.9. The number of sulfonamides is 1. The van der Waals surface area contributed by atoms with Gasteiger partial charge in [-0.15, -0.1) is 0 Å². The van der Waals surface area contributed by atoms with Gasteiger partial charge in [0.15, 0.2) is 0 Å². The molecule has 0 aromatic rings. The highest BCUT2D eigenvalue weighted by atomic mass is 32.2. The van der Waals surface area contributed by atoms with E-state index in [0.29, 0.717) is 19.2 Å². The molecule has 1 heterocycles. The van der Waals surface area contributed by atoms with Crippen molar-refractivity contribution in [1.29, 1.82) is 0 Å². The van der Waals surface area contributed by atoms with E-state index >= 15 is 0 Å². The Hall–Kier alpha value is -0.170. The van der Waals surface area contributed by atoms with Gasteiger partial charge in [0.1, 0.15) is 0 Å². The zero-order chi connectivity index (χ0) is 12.9. The van der Waals surface area contributed by atoms with Crippen LogP contribution >= 0.6 is 0 Å². The molecule has 0 aliphatic carbocycles. The molecule has 0 saturated carbocycles. The second-order valence-corrected chi connectivity index (χ2v) is 6.82. The van der Waals surface area contributed by atoms with Gasteiger partial charge in [0.25, 0.3) is 0 Å². The third-order valence-corrected chi connectivity index (χ3v) is 4.19. The van der Waals surface area contributed by atoms with Crippen molar-refractivity contribution in [3.63, 3.8) is 0 Å². The third-order valence-electron chi connectivity index (χ3n) is 2.75. The predicted octanol–water partition coefficient (Wildman–Crippen LogP) is 0.471. The lowest BCUT2D eigenvalue weighted by Gasteiger charge is -2.27. The fourth-order valence-electron chi connectivity index (χ4n) is 1.90. The largest absolute Gasteiger partial charge is 0.378 e. The standard InChI is InChI=1S/C11H24N2O3S/c1-9(2)12-5-7-17(14,15)13-11-4-6-16-10(3)8-11/h9-13H,4-8H2,1-3H3. The van der Waals surface area contributed by atoms with Crippen LogP contribution in [0.15, 0.2) is 0 Å². The van der Waals surface area contributed by atoms with Crippen LogP contribution in [0.5, 0.6) is 0 Å². The van der Waals surface area contributed by atoms with Gasteiger partial charge in [-0.2, -0.15) is 0 Å². The average molecular weight is 264 g/mol. The second kappa shape index (κ2) is 6.68. The number of hydrogen-bond donors (Lipinski definition) is 2. The summed E-state index contributed by atoms with van der Waals surface area (Å²) < 4.78 is 31.7. The van der Waals surface area contributed by atoms with E-state index in [1.54, 1.807) is 0 Å². The van der Waals surface area contributed by atoms with Gasteiger partial charge in [-0.05, 0) is 19.8 Å². The van der Waals surface area contributed by atoms with E-state index in [1.807, 2.05) is 20.8 Å². The molecule has 1 rings (SSSR count). The summed E-state index contributed by atoms with van der Waals surface area (Å²) in [6.07, 6.45) is 1.67. The first-order valence-electron chi connectivity index (χ1n) is 6.24. The Labute approximate surface area is 104 Å². The Morgan fingerprint density at radius 2 is 2.12 bits per heavy atom. The molecular formula is C11H24N2O3S. The first-order chi connectivity index (χ1) is 7.89. The maximum Gasteiger partial charge on any atom is 0.213 e. The Morgan fingerprint density at radius 3 is 2.71 bits per heavy atom. The summed E-state index contributed by atoms with van der Waals surface area (Å²) in [5.74, 6) is 0.136. The Kier molecular flexibility index (Phi) is 5.85. The highest BCUT2D eigenvalue weighted by Gasteiger charge is 2.23. The summed E-state index contributed by atoms with van der Waals surface area (Å²) >= 11 is 0. The van der Waals surface area contributed by atoms with Gasteiger partial charge in [0, 0.05) is 25.2 Å². The van der Waals surface area contributed by atoms with Crippen molar-refractivity contribution in [2.45, 2.75) is 51.8 Å². The normalized spacial score (nSPS) is 26.4.